The molecule has 11 nitrogen and oxygen atoms in total. The summed E-state index contributed by atoms with van der Waals surface area (Å²) >= 11 is 0. The highest BCUT2D eigenvalue weighted by Crippen LogP contribution is 2.30. The number of likely N-dealkylation sites (tertiary alicyclic amines) is 1. The number of nitrogens with zero attached hydrogens (tertiary/aromatic N) is 2. The second kappa shape index (κ2) is 20.0. The van der Waals surface area contributed by atoms with Gasteiger partial charge >= 0.3 is 0 Å². The van der Waals surface area contributed by atoms with E-state index in [2.05, 4.69) is 10.6 Å². The molecule has 1 aliphatic heterocycles. The van der Waals surface area contributed by atoms with Crippen molar-refractivity contribution in [1.29, 1.82) is 0 Å². The summed E-state index contributed by atoms with van der Waals surface area (Å²) in [5, 5.41) is 16.7. The van der Waals surface area contributed by atoms with E-state index in [1.165, 1.54) is 0 Å². The second-order valence-corrected chi connectivity index (χ2v) is 14.6. The van der Waals surface area contributed by atoms with Gasteiger partial charge < -0.3 is 35.0 Å². The standard InChI is InChI=1S/C38H64N4O7/c1-12-25(6)34(41(9)38(47)33(24(4)5)40-31(43)21-23(2)3)30(48-10)22-32(44)42-20-16-19-29(42)36(49-11)26(7)37(46)39-27(8)35(45)28-17-14-13-15-18-28/h13-15,17-18,23-27,29-30,33-36,45H,12,16,19-22H2,1-11H3,(H,39,46)(H,40,43)/t25-,26+,27+,29-,30+,33?,34?,35+,36+/m0/s1. The molecule has 0 saturated carbocycles. The number of methoxy groups -OCH3 is 2. The SMILES string of the molecule is CC[C@H](C)C([C@@H](CC(=O)N1CCC[C@H]1[C@H](OC)[C@@H](C)C(=O)N[C@H](C)[C@@H](O)c1ccccc1)OC)N(C)C(=O)C(NC(=O)CC(C)C)C(C)C. The number of amides is 4. The molecule has 1 aliphatic rings. The zero-order valence-electron chi connectivity index (χ0n) is 31.8. The smallest absolute Gasteiger partial charge is 0.245 e. The number of rotatable bonds is 19. The van der Waals surface area contributed by atoms with Gasteiger partial charge in [-0.05, 0) is 43.1 Å². The molecule has 3 N–H and O–H groups in total. The lowest BCUT2D eigenvalue weighted by molar-refractivity contribution is -0.147. The number of nitrogens with one attached hydrogen (secondary N) is 2. The minimum absolute atomic E-state index is 0.00363. The molecule has 9 atom stereocenters. The molecule has 1 fully saturated rings. The minimum atomic E-state index is -0.871. The Hall–Kier alpha value is -3.02. The zero-order chi connectivity index (χ0) is 37.0. The molecule has 0 bridgehead atoms. The van der Waals surface area contributed by atoms with Crippen molar-refractivity contribution in [1.82, 2.24) is 20.4 Å². The molecule has 11 heteroatoms. The Morgan fingerprint density at radius 2 is 1.59 bits per heavy atom. The van der Waals surface area contributed by atoms with E-state index in [1.54, 1.807) is 44.9 Å². The first-order valence-electron chi connectivity index (χ1n) is 18.0. The van der Waals surface area contributed by atoms with Crippen LogP contribution >= 0.6 is 0 Å². The van der Waals surface area contributed by atoms with Crippen molar-refractivity contribution in [3.63, 3.8) is 0 Å². The second-order valence-electron chi connectivity index (χ2n) is 14.6. The van der Waals surface area contributed by atoms with Crippen LogP contribution in [0.25, 0.3) is 0 Å². The van der Waals surface area contributed by atoms with Crippen LogP contribution in [0.1, 0.15) is 99.2 Å². The molecular formula is C38H64N4O7. The molecule has 0 radical (unpaired) electrons. The summed E-state index contributed by atoms with van der Waals surface area (Å²) in [6.45, 7) is 15.9. The van der Waals surface area contributed by atoms with Crippen LogP contribution in [-0.2, 0) is 28.7 Å². The topological polar surface area (TPSA) is 138 Å². The van der Waals surface area contributed by atoms with Gasteiger partial charge in [0.15, 0.2) is 0 Å². The predicted molar refractivity (Wildman–Crippen MR) is 191 cm³/mol. The number of hydrogen-bond donors (Lipinski definition) is 3. The van der Waals surface area contributed by atoms with Gasteiger partial charge in [0, 0.05) is 34.2 Å². The van der Waals surface area contributed by atoms with Gasteiger partial charge in [0.25, 0.3) is 0 Å². The summed E-state index contributed by atoms with van der Waals surface area (Å²) in [7, 11) is 4.85. The summed E-state index contributed by atoms with van der Waals surface area (Å²) in [5.41, 5.74) is 0.713. The first-order valence-corrected chi connectivity index (χ1v) is 18.0. The summed E-state index contributed by atoms with van der Waals surface area (Å²) in [4.78, 5) is 57.5. The molecule has 0 aliphatic carbocycles. The molecule has 1 aromatic carbocycles. The molecule has 278 valence electrons. The van der Waals surface area contributed by atoms with E-state index >= 15 is 0 Å². The Bertz CT molecular complexity index is 1200. The summed E-state index contributed by atoms with van der Waals surface area (Å²) in [6, 6.07) is 7.21. The average molecular weight is 689 g/mol. The summed E-state index contributed by atoms with van der Waals surface area (Å²) < 4.78 is 11.9. The van der Waals surface area contributed by atoms with Crippen molar-refractivity contribution in [3.05, 3.63) is 35.9 Å². The van der Waals surface area contributed by atoms with E-state index < -0.39 is 42.4 Å². The molecular weight excluding hydrogens is 624 g/mol. The van der Waals surface area contributed by atoms with Gasteiger partial charge in [0.05, 0.1) is 48.8 Å². The van der Waals surface area contributed by atoms with Crippen molar-refractivity contribution in [2.75, 3.05) is 27.8 Å². The van der Waals surface area contributed by atoms with Crippen LogP contribution in [-0.4, -0.2) is 103 Å². The predicted octanol–water partition coefficient (Wildman–Crippen LogP) is 4.33. The summed E-state index contributed by atoms with van der Waals surface area (Å²) in [6.07, 6.45) is 0.547. The van der Waals surface area contributed by atoms with Crippen molar-refractivity contribution in [3.8, 4) is 0 Å². The van der Waals surface area contributed by atoms with Crippen LogP contribution in [0.5, 0.6) is 0 Å². The van der Waals surface area contributed by atoms with Gasteiger partial charge in [0.2, 0.25) is 23.6 Å². The van der Waals surface area contributed by atoms with E-state index in [-0.39, 0.29) is 53.8 Å². The highest BCUT2D eigenvalue weighted by atomic mass is 16.5. The molecule has 2 rings (SSSR count). The fraction of sp³-hybridized carbons (Fsp3) is 0.737. The van der Waals surface area contributed by atoms with Crippen molar-refractivity contribution in [2.24, 2.45) is 23.7 Å². The highest BCUT2D eigenvalue weighted by molar-refractivity contribution is 5.88. The lowest BCUT2D eigenvalue weighted by Crippen LogP contribution is -2.58. The van der Waals surface area contributed by atoms with Gasteiger partial charge in [-0.1, -0.05) is 85.2 Å². The van der Waals surface area contributed by atoms with Crippen molar-refractivity contribution >= 4 is 23.6 Å². The molecule has 49 heavy (non-hydrogen) atoms. The molecule has 1 saturated heterocycles. The maximum Gasteiger partial charge on any atom is 0.245 e. The maximum absolute atomic E-state index is 14.1. The Morgan fingerprint density at radius 1 is 0.959 bits per heavy atom. The number of likely N-dealkylation sites (N-methyl/N-ethyl adjacent to an activating group) is 1. The monoisotopic (exact) mass is 688 g/mol. The third kappa shape index (κ3) is 11.5. The van der Waals surface area contributed by atoms with E-state index in [4.69, 9.17) is 9.47 Å². The number of carbonyl (C=O) groups excluding carboxylic acids is 4. The van der Waals surface area contributed by atoms with E-state index in [0.29, 0.717) is 24.9 Å². The van der Waals surface area contributed by atoms with Crippen LogP contribution in [0.4, 0.5) is 0 Å². The molecule has 0 aromatic heterocycles. The third-order valence-electron chi connectivity index (χ3n) is 10.1. The van der Waals surface area contributed by atoms with Crippen LogP contribution in [0.2, 0.25) is 0 Å². The van der Waals surface area contributed by atoms with Crippen LogP contribution in [0, 0.1) is 23.7 Å². The first-order chi connectivity index (χ1) is 23.1. The Morgan fingerprint density at radius 3 is 2.12 bits per heavy atom. The van der Waals surface area contributed by atoms with E-state index in [0.717, 1.165) is 12.8 Å². The van der Waals surface area contributed by atoms with Crippen LogP contribution in [0.15, 0.2) is 30.3 Å². The van der Waals surface area contributed by atoms with Gasteiger partial charge in [-0.25, -0.2) is 0 Å². The number of aliphatic hydroxyl groups is 1. The van der Waals surface area contributed by atoms with Gasteiger partial charge in [0.1, 0.15) is 6.04 Å². The Balaban J connectivity index is 2.22. The number of hydrogen-bond acceptors (Lipinski definition) is 7. The van der Waals surface area contributed by atoms with Gasteiger partial charge in [-0.15, -0.1) is 0 Å². The fourth-order valence-electron chi connectivity index (χ4n) is 7.02. The minimum Gasteiger partial charge on any atom is -0.386 e. The Labute approximate surface area is 294 Å². The van der Waals surface area contributed by atoms with Crippen molar-refractivity contribution < 1.29 is 33.8 Å². The Kier molecular flexibility index (Phi) is 17.2. The normalized spacial score (nSPS) is 19.8. The fourth-order valence-corrected chi connectivity index (χ4v) is 7.02. The molecule has 4 amide bonds. The molecule has 1 heterocycles. The van der Waals surface area contributed by atoms with Crippen LogP contribution < -0.4 is 10.6 Å². The van der Waals surface area contributed by atoms with Gasteiger partial charge in [-0.2, -0.15) is 0 Å². The quantitative estimate of drug-likeness (QED) is 0.197. The maximum atomic E-state index is 14.1. The van der Waals surface area contributed by atoms with E-state index in [9.17, 15) is 24.3 Å². The largest absolute Gasteiger partial charge is 0.386 e. The molecule has 1 aromatic rings. The lowest BCUT2D eigenvalue weighted by atomic mass is 9.89. The first kappa shape index (κ1) is 42.1. The number of carbonyl (C=O) groups is 4. The average Bonchev–Trinajstić information content (AvgIpc) is 3.55. The summed E-state index contributed by atoms with van der Waals surface area (Å²) in [5.74, 6) is -1.32. The lowest BCUT2D eigenvalue weighted by Gasteiger charge is -2.41. The van der Waals surface area contributed by atoms with E-state index in [1.807, 2.05) is 71.9 Å². The van der Waals surface area contributed by atoms with Crippen LogP contribution in [0.3, 0.4) is 0 Å². The zero-order valence-corrected chi connectivity index (χ0v) is 31.8. The third-order valence-corrected chi connectivity index (χ3v) is 10.1. The molecule has 2 unspecified atom stereocenters. The number of benzene rings is 1. The van der Waals surface area contributed by atoms with Gasteiger partial charge in [-0.3, -0.25) is 19.2 Å². The number of aliphatic hydroxyl groups excluding tert-OH is 1. The molecule has 0 spiro atoms. The highest BCUT2D eigenvalue weighted by Gasteiger charge is 2.43. The van der Waals surface area contributed by atoms with Crippen molar-refractivity contribution in [2.45, 2.75) is 130 Å². The number of ether oxygens (including phenoxy) is 2.